The fourth-order valence-electron chi connectivity index (χ4n) is 4.02. The first-order valence-electron chi connectivity index (χ1n) is 9.86. The summed E-state index contributed by atoms with van der Waals surface area (Å²) in [5.74, 6) is 1.18. The molecule has 0 bridgehead atoms. The van der Waals surface area contributed by atoms with Crippen molar-refractivity contribution in [3.63, 3.8) is 0 Å². The molecule has 0 aromatic heterocycles. The zero-order valence-electron chi connectivity index (χ0n) is 17.4. The van der Waals surface area contributed by atoms with Crippen molar-refractivity contribution < 1.29 is 19.0 Å². The van der Waals surface area contributed by atoms with Gasteiger partial charge in [-0.2, -0.15) is 0 Å². The molecule has 0 radical (unpaired) electrons. The van der Waals surface area contributed by atoms with Crippen LogP contribution in [0.5, 0.6) is 11.5 Å². The number of carbonyl (C=O) groups excluding carboxylic acids is 1. The second-order valence-electron chi connectivity index (χ2n) is 7.40. The lowest BCUT2D eigenvalue weighted by atomic mass is 9.95. The Kier molecular flexibility index (Phi) is 5.72. The third-order valence-corrected chi connectivity index (χ3v) is 5.50. The SMILES string of the molecule is COC(=O)C1=C(COc2ccc(OC)cc2)CN(C)C1c1ccc2ccccc2c1. The molecule has 1 aliphatic heterocycles. The number of methoxy groups -OCH3 is 2. The number of ether oxygens (including phenoxy) is 3. The molecule has 0 spiro atoms. The van der Waals surface area contributed by atoms with E-state index in [1.54, 1.807) is 7.11 Å². The van der Waals surface area contributed by atoms with Gasteiger partial charge in [-0.3, -0.25) is 4.90 Å². The molecule has 1 aliphatic rings. The lowest BCUT2D eigenvalue weighted by Crippen LogP contribution is -2.23. The molecule has 0 fully saturated rings. The van der Waals surface area contributed by atoms with Gasteiger partial charge in [0, 0.05) is 6.54 Å². The number of hydrogen-bond donors (Lipinski definition) is 0. The van der Waals surface area contributed by atoms with Gasteiger partial charge in [0.25, 0.3) is 0 Å². The van der Waals surface area contributed by atoms with Gasteiger partial charge in [-0.25, -0.2) is 4.79 Å². The summed E-state index contributed by atoms with van der Waals surface area (Å²) in [6, 6.07) is 21.8. The first-order chi connectivity index (χ1) is 14.6. The maximum atomic E-state index is 12.7. The van der Waals surface area contributed by atoms with Crippen molar-refractivity contribution in [1.29, 1.82) is 0 Å². The molecule has 1 atom stereocenters. The van der Waals surface area contributed by atoms with Crippen molar-refractivity contribution in [2.75, 3.05) is 34.4 Å². The Labute approximate surface area is 176 Å². The highest BCUT2D eigenvalue weighted by atomic mass is 16.5. The average molecular weight is 403 g/mol. The van der Waals surface area contributed by atoms with Gasteiger partial charge in [-0.1, -0.05) is 36.4 Å². The topological polar surface area (TPSA) is 48.0 Å². The second-order valence-corrected chi connectivity index (χ2v) is 7.40. The molecule has 3 aromatic carbocycles. The van der Waals surface area contributed by atoms with Gasteiger partial charge in [0.1, 0.15) is 18.1 Å². The summed E-state index contributed by atoms with van der Waals surface area (Å²) in [7, 11) is 5.07. The molecule has 4 rings (SSSR count). The number of fused-ring (bicyclic) bond motifs is 1. The molecule has 0 saturated heterocycles. The van der Waals surface area contributed by atoms with Crippen LogP contribution in [0.15, 0.2) is 77.9 Å². The summed E-state index contributed by atoms with van der Waals surface area (Å²) in [6.45, 7) is 0.962. The van der Waals surface area contributed by atoms with Gasteiger partial charge in [-0.05, 0) is 59.3 Å². The fourth-order valence-corrected chi connectivity index (χ4v) is 4.02. The molecule has 1 heterocycles. The number of rotatable bonds is 6. The van der Waals surface area contributed by atoms with Crippen LogP contribution in [-0.2, 0) is 9.53 Å². The van der Waals surface area contributed by atoms with Gasteiger partial charge in [0.05, 0.1) is 25.8 Å². The Morgan fingerprint density at radius 2 is 1.67 bits per heavy atom. The van der Waals surface area contributed by atoms with Crippen LogP contribution in [0.2, 0.25) is 0 Å². The van der Waals surface area contributed by atoms with Gasteiger partial charge >= 0.3 is 5.97 Å². The largest absolute Gasteiger partial charge is 0.497 e. The van der Waals surface area contributed by atoms with Crippen LogP contribution >= 0.6 is 0 Å². The van der Waals surface area contributed by atoms with Crippen LogP contribution in [0, 0.1) is 0 Å². The monoisotopic (exact) mass is 403 g/mol. The lowest BCUT2D eigenvalue weighted by Gasteiger charge is -2.22. The van der Waals surface area contributed by atoms with E-state index < -0.39 is 0 Å². The Bertz CT molecular complexity index is 1090. The highest BCUT2D eigenvalue weighted by Gasteiger charge is 2.36. The van der Waals surface area contributed by atoms with Gasteiger partial charge in [-0.15, -0.1) is 0 Å². The summed E-state index contributed by atoms with van der Waals surface area (Å²) >= 11 is 0. The summed E-state index contributed by atoms with van der Waals surface area (Å²) in [4.78, 5) is 14.9. The summed E-state index contributed by atoms with van der Waals surface area (Å²) in [6.07, 6.45) is 0. The lowest BCUT2D eigenvalue weighted by molar-refractivity contribution is -0.136. The molecule has 0 saturated carbocycles. The molecular formula is C25H25NO4. The Hall–Kier alpha value is -3.31. The number of esters is 1. The third kappa shape index (κ3) is 3.89. The van der Waals surface area contributed by atoms with Gasteiger partial charge in [0.2, 0.25) is 0 Å². The van der Waals surface area contributed by atoms with Crippen LogP contribution < -0.4 is 9.47 Å². The van der Waals surface area contributed by atoms with E-state index in [0.717, 1.165) is 28.0 Å². The molecule has 5 heteroatoms. The standard InChI is InChI=1S/C25H25NO4/c1-26-15-20(16-30-22-12-10-21(28-2)11-13-22)23(25(27)29-3)24(26)19-9-8-17-6-4-5-7-18(17)14-19/h4-14,24H,15-16H2,1-3H3. The molecule has 30 heavy (non-hydrogen) atoms. The molecule has 154 valence electrons. The summed E-state index contributed by atoms with van der Waals surface area (Å²) in [5.41, 5.74) is 2.65. The van der Waals surface area contributed by atoms with Crippen molar-refractivity contribution >= 4 is 16.7 Å². The number of benzene rings is 3. The van der Waals surface area contributed by atoms with E-state index in [4.69, 9.17) is 14.2 Å². The van der Waals surface area contributed by atoms with Crippen molar-refractivity contribution in [2.24, 2.45) is 0 Å². The predicted molar refractivity (Wildman–Crippen MR) is 117 cm³/mol. The molecule has 5 nitrogen and oxygen atoms in total. The Morgan fingerprint density at radius 3 is 2.37 bits per heavy atom. The minimum atomic E-state index is -0.314. The molecule has 1 unspecified atom stereocenters. The molecule has 3 aromatic rings. The molecule has 0 N–H and O–H groups in total. The van der Waals surface area contributed by atoms with Crippen LogP contribution in [0.1, 0.15) is 11.6 Å². The normalized spacial score (nSPS) is 16.7. The summed E-state index contributed by atoms with van der Waals surface area (Å²) < 4.78 is 16.3. The van der Waals surface area contributed by atoms with E-state index in [9.17, 15) is 4.79 Å². The van der Waals surface area contributed by atoms with Crippen LogP contribution in [0.25, 0.3) is 10.8 Å². The first-order valence-corrected chi connectivity index (χ1v) is 9.86. The van der Waals surface area contributed by atoms with E-state index in [2.05, 4.69) is 35.2 Å². The third-order valence-electron chi connectivity index (χ3n) is 5.50. The number of hydrogen-bond acceptors (Lipinski definition) is 5. The van der Waals surface area contributed by atoms with Crippen LogP contribution in [-0.4, -0.2) is 45.3 Å². The van der Waals surface area contributed by atoms with Crippen molar-refractivity contribution in [3.8, 4) is 11.5 Å². The molecular weight excluding hydrogens is 378 g/mol. The minimum Gasteiger partial charge on any atom is -0.497 e. The van der Waals surface area contributed by atoms with Gasteiger partial charge in [0.15, 0.2) is 0 Å². The van der Waals surface area contributed by atoms with E-state index in [1.165, 1.54) is 12.5 Å². The maximum absolute atomic E-state index is 12.7. The fraction of sp³-hybridized carbons (Fsp3) is 0.240. The number of likely N-dealkylation sites (N-methyl/N-ethyl adjacent to an activating group) is 1. The summed E-state index contributed by atoms with van der Waals surface area (Å²) in [5, 5.41) is 2.32. The zero-order valence-corrected chi connectivity index (χ0v) is 17.4. The van der Waals surface area contributed by atoms with E-state index >= 15 is 0 Å². The van der Waals surface area contributed by atoms with Crippen molar-refractivity contribution in [3.05, 3.63) is 83.4 Å². The molecule has 0 aliphatic carbocycles. The van der Waals surface area contributed by atoms with Crippen molar-refractivity contribution in [1.82, 2.24) is 4.90 Å². The minimum absolute atomic E-state index is 0.170. The number of nitrogens with zero attached hydrogens (tertiary/aromatic N) is 1. The zero-order chi connectivity index (χ0) is 21.1. The van der Waals surface area contributed by atoms with Gasteiger partial charge < -0.3 is 14.2 Å². The smallest absolute Gasteiger partial charge is 0.335 e. The Morgan fingerprint density at radius 1 is 0.967 bits per heavy atom. The van der Waals surface area contributed by atoms with Crippen LogP contribution in [0.3, 0.4) is 0 Å². The Balaban J connectivity index is 1.65. The van der Waals surface area contributed by atoms with Crippen molar-refractivity contribution in [2.45, 2.75) is 6.04 Å². The first kappa shape index (κ1) is 20.0. The highest BCUT2D eigenvalue weighted by molar-refractivity contribution is 5.92. The predicted octanol–water partition coefficient (Wildman–Crippen LogP) is 4.38. The maximum Gasteiger partial charge on any atom is 0.335 e. The average Bonchev–Trinajstić information content (AvgIpc) is 3.13. The highest BCUT2D eigenvalue weighted by Crippen LogP contribution is 2.38. The van der Waals surface area contributed by atoms with E-state index in [0.29, 0.717) is 18.7 Å². The quantitative estimate of drug-likeness (QED) is 0.572. The number of carbonyl (C=O) groups is 1. The molecule has 0 amide bonds. The van der Waals surface area contributed by atoms with E-state index in [1.807, 2.05) is 43.4 Å². The second kappa shape index (κ2) is 8.59. The van der Waals surface area contributed by atoms with E-state index in [-0.39, 0.29) is 12.0 Å². The van der Waals surface area contributed by atoms with Crippen LogP contribution in [0.4, 0.5) is 0 Å².